The molecule has 0 aliphatic carbocycles. The van der Waals surface area contributed by atoms with Gasteiger partial charge in [0.05, 0.1) is 25.1 Å². The number of imidazole rings is 1. The Bertz CT molecular complexity index is 1060. The van der Waals surface area contributed by atoms with Crippen molar-refractivity contribution in [2.45, 2.75) is 52.1 Å². The summed E-state index contributed by atoms with van der Waals surface area (Å²) in [5.74, 6) is -2.60. The van der Waals surface area contributed by atoms with Crippen LogP contribution in [0.2, 0.25) is 0 Å². The number of fused-ring (bicyclic) bond motifs is 1. The highest BCUT2D eigenvalue weighted by Gasteiger charge is 2.39. The highest BCUT2D eigenvalue weighted by atomic mass is 31.2. The van der Waals surface area contributed by atoms with Crippen molar-refractivity contribution in [3.8, 4) is 0 Å². The zero-order chi connectivity index (χ0) is 26.9. The Morgan fingerprint density at radius 1 is 1.31 bits per heavy atom. The Morgan fingerprint density at radius 3 is 2.51 bits per heavy atom. The maximum absolute atomic E-state index is 12.4. The molecule has 1 aliphatic rings. The number of ether oxygens (including phenoxy) is 1. The Morgan fingerprint density at radius 2 is 1.94 bits per heavy atom. The van der Waals surface area contributed by atoms with Crippen molar-refractivity contribution < 1.29 is 38.8 Å². The molecule has 200 valence electrons. The fourth-order valence-corrected chi connectivity index (χ4v) is 3.91. The Labute approximate surface area is 203 Å². The maximum Gasteiger partial charge on any atom is 0.356 e. The molecule has 0 aromatic carbocycles. The molecular formula is C18H34N6O9P2. The van der Waals surface area contributed by atoms with E-state index in [-0.39, 0.29) is 42.8 Å². The van der Waals surface area contributed by atoms with Gasteiger partial charge in [-0.3, -0.25) is 19.1 Å². The third-order valence-corrected chi connectivity index (χ3v) is 6.32. The van der Waals surface area contributed by atoms with Gasteiger partial charge >= 0.3 is 7.60 Å². The molecular weight excluding hydrogens is 506 g/mol. The van der Waals surface area contributed by atoms with E-state index < -0.39 is 52.0 Å². The van der Waals surface area contributed by atoms with Crippen LogP contribution in [0.5, 0.6) is 0 Å². The minimum atomic E-state index is -4.80. The minimum Gasteiger partial charge on any atom is -0.378 e. The standard InChI is InChI=1S/C14H22N6O9P2.2C2H6/c15-14-17-12-11(13(23)18-14)16-6-20(12)7-3-19(9(21)1-2-30(24)25)4-8(7)29-5-10(22)31(26,27)28;2*1-2/h6-8,10,22,24-25H,1-5H2,(H2,26,27,28)(H3,15,17,18,23);2*1-2H3. The van der Waals surface area contributed by atoms with Gasteiger partial charge in [-0.2, -0.15) is 4.98 Å². The first kappa shape index (κ1) is 31.1. The average molecular weight is 540 g/mol. The molecule has 1 aliphatic heterocycles. The second-order valence-electron chi connectivity index (χ2n) is 6.93. The molecule has 3 rings (SSSR count). The van der Waals surface area contributed by atoms with Gasteiger partial charge in [0, 0.05) is 25.7 Å². The lowest BCUT2D eigenvalue weighted by atomic mass is 10.2. The van der Waals surface area contributed by atoms with Crippen LogP contribution in [0, 0.1) is 0 Å². The van der Waals surface area contributed by atoms with Crippen molar-refractivity contribution in [1.82, 2.24) is 24.4 Å². The number of H-pyrrole nitrogens is 1. The molecule has 2 aromatic heterocycles. The van der Waals surface area contributed by atoms with E-state index in [0.717, 1.165) is 0 Å². The van der Waals surface area contributed by atoms with Crippen molar-refractivity contribution in [3.63, 3.8) is 0 Å². The number of aromatic amines is 1. The van der Waals surface area contributed by atoms with Crippen LogP contribution in [0.4, 0.5) is 5.95 Å². The van der Waals surface area contributed by atoms with Crippen LogP contribution in [0.15, 0.2) is 11.1 Å². The summed E-state index contributed by atoms with van der Waals surface area (Å²) in [6.07, 6.45) is 0.231. The lowest BCUT2D eigenvalue weighted by molar-refractivity contribution is -0.130. The SMILES string of the molecule is CC.CC.Nc1nc2c(ncn2C2CN(C(=O)CCP(O)O)CC2OCC(O)P(=O)(O)O)c(=O)[nH]1. The van der Waals surface area contributed by atoms with Crippen LogP contribution in [-0.2, 0) is 14.1 Å². The molecule has 0 spiro atoms. The second-order valence-corrected chi connectivity index (χ2v) is 9.89. The Hall–Kier alpha value is -1.96. The molecule has 0 radical (unpaired) electrons. The number of nitrogens with two attached hydrogens (primary N) is 1. The largest absolute Gasteiger partial charge is 0.378 e. The lowest BCUT2D eigenvalue weighted by Gasteiger charge is -2.22. The molecule has 3 atom stereocenters. The molecule has 35 heavy (non-hydrogen) atoms. The molecule has 15 nitrogen and oxygen atoms in total. The fraction of sp³-hybridized carbons (Fsp3) is 0.667. The molecule has 1 saturated heterocycles. The molecule has 8 N–H and O–H groups in total. The molecule has 0 bridgehead atoms. The normalized spacial score (nSPS) is 18.6. The van der Waals surface area contributed by atoms with E-state index >= 15 is 0 Å². The van der Waals surface area contributed by atoms with E-state index in [0.29, 0.717) is 0 Å². The summed E-state index contributed by atoms with van der Waals surface area (Å²) in [5.41, 5.74) is 5.16. The number of hydrogen-bond acceptors (Lipinski definition) is 10. The summed E-state index contributed by atoms with van der Waals surface area (Å²) in [4.78, 5) is 72.5. The predicted octanol–water partition coefficient (Wildman–Crippen LogP) is -0.295. The summed E-state index contributed by atoms with van der Waals surface area (Å²) in [5, 5.41) is 9.61. The van der Waals surface area contributed by atoms with Gasteiger partial charge in [-0.25, -0.2) is 4.98 Å². The van der Waals surface area contributed by atoms with Crippen molar-refractivity contribution >= 4 is 39.0 Å². The van der Waals surface area contributed by atoms with Gasteiger partial charge < -0.3 is 44.6 Å². The predicted molar refractivity (Wildman–Crippen MR) is 130 cm³/mol. The van der Waals surface area contributed by atoms with Crippen molar-refractivity contribution in [2.75, 3.05) is 31.6 Å². The molecule has 0 saturated carbocycles. The van der Waals surface area contributed by atoms with E-state index in [1.165, 1.54) is 15.8 Å². The first-order valence-corrected chi connectivity index (χ1v) is 14.1. The number of anilines is 1. The number of nitrogens with zero attached hydrogens (tertiary/aromatic N) is 4. The van der Waals surface area contributed by atoms with E-state index in [2.05, 4.69) is 15.0 Å². The summed E-state index contributed by atoms with van der Waals surface area (Å²) in [7, 11) is -7.04. The number of carbonyl (C=O) groups is 1. The fourth-order valence-electron chi connectivity index (χ4n) is 3.24. The third kappa shape index (κ3) is 8.29. The van der Waals surface area contributed by atoms with Crippen molar-refractivity contribution in [3.05, 3.63) is 16.7 Å². The molecule has 2 aromatic rings. The van der Waals surface area contributed by atoms with Gasteiger partial charge in [-0.15, -0.1) is 0 Å². The first-order valence-electron chi connectivity index (χ1n) is 11.0. The molecule has 1 amide bonds. The molecule has 3 heterocycles. The minimum absolute atomic E-state index is 0.000758. The van der Waals surface area contributed by atoms with Crippen LogP contribution in [0.25, 0.3) is 11.2 Å². The number of carbonyl (C=O) groups excluding carboxylic acids is 1. The highest BCUT2D eigenvalue weighted by Crippen LogP contribution is 2.40. The number of aliphatic hydroxyl groups is 1. The van der Waals surface area contributed by atoms with E-state index in [1.807, 2.05) is 27.7 Å². The number of nitrogens with one attached hydrogen (secondary N) is 1. The van der Waals surface area contributed by atoms with Gasteiger partial charge in [0.1, 0.15) is 0 Å². The number of hydrogen-bond donors (Lipinski definition) is 7. The smallest absolute Gasteiger partial charge is 0.356 e. The second kappa shape index (κ2) is 14.0. The average Bonchev–Trinajstić information content (AvgIpc) is 3.42. The van der Waals surface area contributed by atoms with Crippen molar-refractivity contribution in [2.24, 2.45) is 0 Å². The van der Waals surface area contributed by atoms with Gasteiger partial charge in [-0.1, -0.05) is 27.7 Å². The summed E-state index contributed by atoms with van der Waals surface area (Å²) < 4.78 is 18.2. The van der Waals surface area contributed by atoms with Crippen LogP contribution >= 0.6 is 16.0 Å². The summed E-state index contributed by atoms with van der Waals surface area (Å²) in [6.45, 7) is 7.35. The number of aliphatic hydroxyl groups excluding tert-OH is 1. The quantitative estimate of drug-likeness (QED) is 0.214. The number of nitrogen functional groups attached to an aromatic ring is 1. The molecule has 17 heteroatoms. The number of amides is 1. The van der Waals surface area contributed by atoms with E-state index in [4.69, 9.17) is 30.0 Å². The van der Waals surface area contributed by atoms with Gasteiger partial charge in [0.2, 0.25) is 11.9 Å². The Kier molecular flexibility index (Phi) is 12.4. The van der Waals surface area contributed by atoms with E-state index in [9.17, 15) is 19.3 Å². The summed E-state index contributed by atoms with van der Waals surface area (Å²) >= 11 is 0. The first-order chi connectivity index (χ1) is 16.5. The van der Waals surface area contributed by atoms with Crippen LogP contribution in [0.1, 0.15) is 40.2 Å². The molecule has 3 unspecified atom stereocenters. The lowest BCUT2D eigenvalue weighted by Crippen LogP contribution is -2.31. The highest BCUT2D eigenvalue weighted by molar-refractivity contribution is 7.52. The number of rotatable bonds is 8. The number of likely N-dealkylation sites (tertiary alicyclic amines) is 1. The zero-order valence-corrected chi connectivity index (χ0v) is 21.8. The third-order valence-electron chi connectivity index (χ3n) is 4.77. The monoisotopic (exact) mass is 540 g/mol. The van der Waals surface area contributed by atoms with Crippen molar-refractivity contribution in [1.29, 1.82) is 0 Å². The van der Waals surface area contributed by atoms with Gasteiger partial charge in [-0.05, 0) is 0 Å². The van der Waals surface area contributed by atoms with Gasteiger partial charge in [0.15, 0.2) is 25.4 Å². The zero-order valence-electron chi connectivity index (χ0n) is 20.0. The van der Waals surface area contributed by atoms with Crippen LogP contribution in [-0.4, -0.2) is 92.8 Å². The topological polar surface area (TPSA) is 237 Å². The molecule has 1 fully saturated rings. The van der Waals surface area contributed by atoms with Gasteiger partial charge in [0.25, 0.3) is 5.56 Å². The summed E-state index contributed by atoms with van der Waals surface area (Å²) in [6, 6.07) is -0.670. The van der Waals surface area contributed by atoms with Crippen LogP contribution in [0.3, 0.4) is 0 Å². The van der Waals surface area contributed by atoms with Crippen LogP contribution < -0.4 is 11.3 Å². The maximum atomic E-state index is 12.4. The van der Waals surface area contributed by atoms with E-state index in [1.54, 1.807) is 0 Å². The Balaban J connectivity index is 0.00000145. The number of aromatic nitrogens is 4.